The van der Waals surface area contributed by atoms with Crippen LogP contribution in [0.3, 0.4) is 0 Å². The van der Waals surface area contributed by atoms with Crippen LogP contribution in [-0.2, 0) is 13.2 Å². The van der Waals surface area contributed by atoms with Crippen molar-refractivity contribution >= 4 is 28.5 Å². The molecule has 0 spiro atoms. The number of rotatable bonds is 2. The van der Waals surface area contributed by atoms with E-state index in [1.807, 2.05) is 0 Å². The molecule has 0 radical (unpaired) electrons. The normalized spacial score (nSPS) is 11.8. The van der Waals surface area contributed by atoms with Gasteiger partial charge >= 0.3 is 6.18 Å². The van der Waals surface area contributed by atoms with Gasteiger partial charge < -0.3 is 11.1 Å². The number of hydrogen-bond acceptors (Lipinski definition) is 6. The average molecular weight is 309 g/mol. The van der Waals surface area contributed by atoms with Crippen LogP contribution in [0.4, 0.5) is 30.6 Å². The minimum atomic E-state index is -4.48. The SMILES string of the molecule is Cn1ncc2c(Nc3ccc(C(F)(F)F)nc3)nc(N)nc21. The molecule has 0 bridgehead atoms. The van der Waals surface area contributed by atoms with E-state index in [4.69, 9.17) is 5.73 Å². The maximum atomic E-state index is 12.5. The summed E-state index contributed by atoms with van der Waals surface area (Å²) in [6.45, 7) is 0. The van der Waals surface area contributed by atoms with Crippen LogP contribution in [0.25, 0.3) is 11.0 Å². The number of aryl methyl sites for hydroxylation is 1. The van der Waals surface area contributed by atoms with E-state index in [1.165, 1.54) is 16.9 Å². The van der Waals surface area contributed by atoms with E-state index in [0.717, 1.165) is 12.3 Å². The number of alkyl halides is 3. The van der Waals surface area contributed by atoms with Gasteiger partial charge in [0.05, 0.1) is 23.5 Å². The van der Waals surface area contributed by atoms with Gasteiger partial charge in [0.15, 0.2) is 5.65 Å². The summed E-state index contributed by atoms with van der Waals surface area (Å²) in [7, 11) is 1.69. The van der Waals surface area contributed by atoms with Crippen LogP contribution >= 0.6 is 0 Å². The molecule has 0 aliphatic rings. The molecule has 3 heterocycles. The van der Waals surface area contributed by atoms with Crippen LogP contribution in [-0.4, -0.2) is 24.7 Å². The van der Waals surface area contributed by atoms with E-state index < -0.39 is 11.9 Å². The first-order valence-corrected chi connectivity index (χ1v) is 6.10. The quantitative estimate of drug-likeness (QED) is 0.753. The Kier molecular flexibility index (Phi) is 3.08. The lowest BCUT2D eigenvalue weighted by Crippen LogP contribution is -2.08. The molecule has 3 aromatic rings. The predicted molar refractivity (Wildman–Crippen MR) is 73.2 cm³/mol. The first kappa shape index (κ1) is 14.0. The fraction of sp³-hybridized carbons (Fsp3) is 0.167. The van der Waals surface area contributed by atoms with Crippen molar-refractivity contribution < 1.29 is 13.2 Å². The molecule has 114 valence electrons. The Bertz CT molecular complexity index is 823. The van der Waals surface area contributed by atoms with Gasteiger partial charge in [-0.2, -0.15) is 28.2 Å². The van der Waals surface area contributed by atoms with Crippen molar-refractivity contribution in [3.05, 3.63) is 30.2 Å². The molecule has 10 heteroatoms. The second kappa shape index (κ2) is 4.83. The van der Waals surface area contributed by atoms with Crippen LogP contribution in [0.5, 0.6) is 0 Å². The van der Waals surface area contributed by atoms with E-state index in [1.54, 1.807) is 7.05 Å². The number of nitrogens with zero attached hydrogens (tertiary/aromatic N) is 5. The maximum absolute atomic E-state index is 12.5. The molecular weight excluding hydrogens is 299 g/mol. The highest BCUT2D eigenvalue weighted by Gasteiger charge is 2.32. The summed E-state index contributed by atoms with van der Waals surface area (Å²) in [5.41, 5.74) is 5.51. The number of fused-ring (bicyclic) bond motifs is 1. The highest BCUT2D eigenvalue weighted by molar-refractivity contribution is 5.89. The molecule has 0 unspecified atom stereocenters. The van der Waals surface area contributed by atoms with Crippen LogP contribution in [0, 0.1) is 0 Å². The standard InChI is InChI=1S/C12H10F3N7/c1-22-10-7(5-18-22)9(20-11(16)21-10)19-6-2-3-8(17-4-6)12(13,14)15/h2-5H,1H3,(H3,16,19,20,21). The highest BCUT2D eigenvalue weighted by Crippen LogP contribution is 2.29. The molecule has 3 rings (SSSR count). The van der Waals surface area contributed by atoms with Crippen molar-refractivity contribution in [1.29, 1.82) is 0 Å². The molecule has 0 aliphatic carbocycles. The van der Waals surface area contributed by atoms with Gasteiger partial charge in [-0.05, 0) is 12.1 Å². The lowest BCUT2D eigenvalue weighted by molar-refractivity contribution is -0.141. The maximum Gasteiger partial charge on any atom is 0.433 e. The van der Waals surface area contributed by atoms with E-state index in [2.05, 4.69) is 25.4 Å². The number of halogens is 3. The molecule has 22 heavy (non-hydrogen) atoms. The number of hydrogen-bond donors (Lipinski definition) is 2. The fourth-order valence-electron chi connectivity index (χ4n) is 1.91. The van der Waals surface area contributed by atoms with Gasteiger partial charge in [-0.25, -0.2) is 4.98 Å². The van der Waals surface area contributed by atoms with Crippen molar-refractivity contribution in [3.8, 4) is 0 Å². The molecule has 0 fully saturated rings. The molecule has 7 nitrogen and oxygen atoms in total. The van der Waals surface area contributed by atoms with Gasteiger partial charge in [0.1, 0.15) is 11.5 Å². The minimum absolute atomic E-state index is 0.0264. The Morgan fingerprint density at radius 1 is 1.18 bits per heavy atom. The van der Waals surface area contributed by atoms with Crippen molar-refractivity contribution in [2.75, 3.05) is 11.1 Å². The predicted octanol–water partition coefficient (Wildman–Crippen LogP) is 2.10. The summed E-state index contributed by atoms with van der Waals surface area (Å²) in [6.07, 6.45) is -1.87. The van der Waals surface area contributed by atoms with Crippen LogP contribution in [0.1, 0.15) is 5.69 Å². The van der Waals surface area contributed by atoms with Gasteiger partial charge in [-0.3, -0.25) is 4.68 Å². The summed E-state index contributed by atoms with van der Waals surface area (Å²) >= 11 is 0. The van der Waals surface area contributed by atoms with Crippen molar-refractivity contribution in [1.82, 2.24) is 24.7 Å². The molecule has 0 amide bonds. The third kappa shape index (κ3) is 2.50. The van der Waals surface area contributed by atoms with Crippen LogP contribution in [0.15, 0.2) is 24.5 Å². The highest BCUT2D eigenvalue weighted by atomic mass is 19.4. The van der Waals surface area contributed by atoms with Gasteiger partial charge in [-0.1, -0.05) is 0 Å². The first-order valence-electron chi connectivity index (χ1n) is 6.10. The second-order valence-corrected chi connectivity index (χ2v) is 4.49. The Balaban J connectivity index is 1.96. The zero-order chi connectivity index (χ0) is 15.9. The van der Waals surface area contributed by atoms with Gasteiger partial charge in [0.2, 0.25) is 5.95 Å². The van der Waals surface area contributed by atoms with Crippen molar-refractivity contribution in [3.63, 3.8) is 0 Å². The fourth-order valence-corrected chi connectivity index (χ4v) is 1.91. The number of nitrogen functional groups attached to an aromatic ring is 1. The van der Waals surface area contributed by atoms with Crippen LogP contribution < -0.4 is 11.1 Å². The van der Waals surface area contributed by atoms with Crippen molar-refractivity contribution in [2.45, 2.75) is 6.18 Å². The third-order valence-electron chi connectivity index (χ3n) is 2.93. The number of aromatic nitrogens is 5. The zero-order valence-corrected chi connectivity index (χ0v) is 11.3. The summed E-state index contributed by atoms with van der Waals surface area (Å²) in [5.74, 6) is 0.371. The molecule has 0 atom stereocenters. The largest absolute Gasteiger partial charge is 0.433 e. The Morgan fingerprint density at radius 2 is 1.95 bits per heavy atom. The lowest BCUT2D eigenvalue weighted by atomic mass is 10.3. The van der Waals surface area contributed by atoms with E-state index in [9.17, 15) is 13.2 Å². The Hall–Kier alpha value is -2.91. The molecule has 0 saturated heterocycles. The Morgan fingerprint density at radius 3 is 2.59 bits per heavy atom. The molecule has 3 N–H and O–H groups in total. The minimum Gasteiger partial charge on any atom is -0.368 e. The van der Waals surface area contributed by atoms with Gasteiger partial charge in [0, 0.05) is 7.05 Å². The summed E-state index contributed by atoms with van der Waals surface area (Å²) < 4.78 is 39.0. The summed E-state index contributed by atoms with van der Waals surface area (Å²) in [5, 5.41) is 7.50. The first-order chi connectivity index (χ1) is 10.3. The van der Waals surface area contributed by atoms with Crippen LogP contribution in [0.2, 0.25) is 0 Å². The molecule has 0 aromatic carbocycles. The number of nitrogens with one attached hydrogen (secondary N) is 1. The number of pyridine rings is 1. The number of nitrogens with two attached hydrogens (primary N) is 1. The molecule has 0 saturated carbocycles. The topological polar surface area (TPSA) is 94.5 Å². The summed E-state index contributed by atoms with van der Waals surface area (Å²) in [4.78, 5) is 11.5. The van der Waals surface area contributed by atoms with Gasteiger partial charge in [-0.15, -0.1) is 0 Å². The average Bonchev–Trinajstić information content (AvgIpc) is 2.80. The molecule has 3 aromatic heterocycles. The third-order valence-corrected chi connectivity index (χ3v) is 2.93. The molecule has 0 aliphatic heterocycles. The van der Waals surface area contributed by atoms with Gasteiger partial charge in [0.25, 0.3) is 0 Å². The second-order valence-electron chi connectivity index (χ2n) is 4.49. The lowest BCUT2D eigenvalue weighted by Gasteiger charge is -2.09. The van der Waals surface area contributed by atoms with E-state index >= 15 is 0 Å². The van der Waals surface area contributed by atoms with E-state index in [-0.39, 0.29) is 5.95 Å². The zero-order valence-electron chi connectivity index (χ0n) is 11.3. The monoisotopic (exact) mass is 309 g/mol. The van der Waals surface area contributed by atoms with E-state index in [0.29, 0.717) is 22.5 Å². The summed E-state index contributed by atoms with van der Waals surface area (Å²) in [6, 6.07) is 2.14. The number of anilines is 3. The smallest absolute Gasteiger partial charge is 0.368 e. The Labute approximate surface area is 122 Å². The molecular formula is C12H10F3N7. The van der Waals surface area contributed by atoms with Crippen molar-refractivity contribution in [2.24, 2.45) is 7.05 Å².